The lowest BCUT2D eigenvalue weighted by Gasteiger charge is -2.12. The zero-order chi connectivity index (χ0) is 10.8. The first kappa shape index (κ1) is 10.5. The number of anilines is 1. The Morgan fingerprint density at radius 1 is 1.53 bits per heavy atom. The highest BCUT2D eigenvalue weighted by Crippen LogP contribution is 2.24. The zero-order valence-electron chi connectivity index (χ0n) is 8.24. The molecule has 0 unspecified atom stereocenters. The summed E-state index contributed by atoms with van der Waals surface area (Å²) < 4.78 is 6.84. The SMILES string of the molecule is Cc1cccc(N2C/C(=C/I)OC2=O)c1. The van der Waals surface area contributed by atoms with E-state index in [-0.39, 0.29) is 6.09 Å². The molecule has 1 fully saturated rings. The number of carbonyl (C=O) groups excluding carboxylic acids is 1. The van der Waals surface area contributed by atoms with Crippen molar-refractivity contribution in [3.63, 3.8) is 0 Å². The van der Waals surface area contributed by atoms with Crippen molar-refractivity contribution in [1.82, 2.24) is 0 Å². The van der Waals surface area contributed by atoms with Crippen LogP contribution >= 0.6 is 22.6 Å². The summed E-state index contributed by atoms with van der Waals surface area (Å²) in [6, 6.07) is 7.81. The average Bonchev–Trinajstić information content (AvgIpc) is 2.60. The second kappa shape index (κ2) is 4.22. The van der Waals surface area contributed by atoms with Gasteiger partial charge < -0.3 is 4.74 Å². The van der Waals surface area contributed by atoms with E-state index in [4.69, 9.17) is 4.74 Å². The van der Waals surface area contributed by atoms with Crippen molar-refractivity contribution in [3.8, 4) is 0 Å². The normalized spacial score (nSPS) is 18.4. The number of hydrogen-bond acceptors (Lipinski definition) is 2. The van der Waals surface area contributed by atoms with Crippen molar-refractivity contribution >= 4 is 34.4 Å². The van der Waals surface area contributed by atoms with E-state index in [0.29, 0.717) is 12.3 Å². The number of halogens is 1. The summed E-state index contributed by atoms with van der Waals surface area (Å²) in [6.45, 7) is 2.52. The lowest BCUT2D eigenvalue weighted by molar-refractivity contribution is 0.199. The predicted octanol–water partition coefficient (Wildman–Crippen LogP) is 3.23. The first-order valence-corrected chi connectivity index (χ1v) is 5.80. The molecule has 1 aliphatic rings. The van der Waals surface area contributed by atoms with Gasteiger partial charge in [0.2, 0.25) is 0 Å². The molecular formula is C11H10INO2. The van der Waals surface area contributed by atoms with E-state index in [1.54, 1.807) is 8.98 Å². The Balaban J connectivity index is 2.29. The quantitative estimate of drug-likeness (QED) is 0.745. The fourth-order valence-electron chi connectivity index (χ4n) is 1.47. The van der Waals surface area contributed by atoms with Gasteiger partial charge in [-0.15, -0.1) is 0 Å². The lowest BCUT2D eigenvalue weighted by atomic mass is 10.2. The van der Waals surface area contributed by atoms with E-state index in [0.717, 1.165) is 11.3 Å². The topological polar surface area (TPSA) is 29.5 Å². The van der Waals surface area contributed by atoms with Crippen molar-refractivity contribution in [2.75, 3.05) is 11.4 Å². The molecular weight excluding hydrogens is 305 g/mol. The molecule has 78 valence electrons. The minimum absolute atomic E-state index is 0.302. The average molecular weight is 315 g/mol. The number of hydrogen-bond donors (Lipinski definition) is 0. The van der Waals surface area contributed by atoms with Gasteiger partial charge in [-0.1, -0.05) is 12.1 Å². The maximum atomic E-state index is 11.5. The van der Waals surface area contributed by atoms with Crippen molar-refractivity contribution in [3.05, 3.63) is 39.7 Å². The summed E-state index contributed by atoms with van der Waals surface area (Å²) in [7, 11) is 0. The molecule has 1 heterocycles. The standard InChI is InChI=1S/C11H10INO2/c1-8-3-2-4-9(5-8)13-7-10(6-12)15-11(13)14/h2-6H,7H2,1H3/b10-6-. The molecule has 0 atom stereocenters. The summed E-state index contributed by atoms with van der Waals surface area (Å²) in [5.74, 6) is 0.696. The molecule has 0 aliphatic carbocycles. The van der Waals surface area contributed by atoms with Crippen LogP contribution in [-0.2, 0) is 4.74 Å². The zero-order valence-corrected chi connectivity index (χ0v) is 10.4. The molecule has 0 saturated carbocycles. The maximum Gasteiger partial charge on any atom is 0.419 e. The predicted molar refractivity (Wildman–Crippen MR) is 67.1 cm³/mol. The van der Waals surface area contributed by atoms with Crippen LogP contribution in [-0.4, -0.2) is 12.6 Å². The highest BCUT2D eigenvalue weighted by Gasteiger charge is 2.27. The van der Waals surface area contributed by atoms with E-state index >= 15 is 0 Å². The molecule has 2 rings (SSSR count). The summed E-state index contributed by atoms with van der Waals surface area (Å²) in [5.41, 5.74) is 2.01. The van der Waals surface area contributed by atoms with Crippen LogP contribution in [0.1, 0.15) is 5.56 Å². The number of carbonyl (C=O) groups is 1. The Morgan fingerprint density at radius 2 is 2.33 bits per heavy atom. The first-order chi connectivity index (χ1) is 7.20. The third-order valence-corrected chi connectivity index (χ3v) is 2.88. The maximum absolute atomic E-state index is 11.5. The highest BCUT2D eigenvalue weighted by molar-refractivity contribution is 14.1. The number of ether oxygens (including phenoxy) is 1. The molecule has 0 spiro atoms. The van der Waals surface area contributed by atoms with Crippen molar-refractivity contribution < 1.29 is 9.53 Å². The van der Waals surface area contributed by atoms with Gasteiger partial charge in [0, 0.05) is 9.77 Å². The number of benzene rings is 1. The van der Waals surface area contributed by atoms with Crippen LogP contribution in [0.25, 0.3) is 0 Å². The van der Waals surface area contributed by atoms with Gasteiger partial charge in [-0.05, 0) is 47.2 Å². The van der Waals surface area contributed by atoms with Gasteiger partial charge in [0.15, 0.2) is 0 Å². The second-order valence-electron chi connectivity index (χ2n) is 3.37. The Bertz CT molecular complexity index is 428. The van der Waals surface area contributed by atoms with Crippen molar-refractivity contribution in [1.29, 1.82) is 0 Å². The van der Waals surface area contributed by atoms with Crippen molar-refractivity contribution in [2.24, 2.45) is 0 Å². The van der Waals surface area contributed by atoms with Gasteiger partial charge in [0.1, 0.15) is 5.76 Å². The lowest BCUT2D eigenvalue weighted by Crippen LogP contribution is -2.23. The smallest absolute Gasteiger partial charge is 0.412 e. The van der Waals surface area contributed by atoms with Crippen LogP contribution in [0, 0.1) is 6.92 Å². The van der Waals surface area contributed by atoms with E-state index in [1.165, 1.54) is 0 Å². The van der Waals surface area contributed by atoms with Crippen LogP contribution in [0.15, 0.2) is 34.1 Å². The molecule has 0 radical (unpaired) electrons. The number of aryl methyl sites for hydroxylation is 1. The van der Waals surface area contributed by atoms with E-state index in [9.17, 15) is 4.79 Å². The van der Waals surface area contributed by atoms with Crippen molar-refractivity contribution in [2.45, 2.75) is 6.92 Å². The Morgan fingerprint density at radius 3 is 2.93 bits per heavy atom. The van der Waals surface area contributed by atoms with Gasteiger partial charge in [-0.2, -0.15) is 0 Å². The van der Waals surface area contributed by atoms with Crippen LogP contribution in [0.3, 0.4) is 0 Å². The van der Waals surface area contributed by atoms with Gasteiger partial charge in [-0.25, -0.2) is 4.79 Å². The van der Waals surface area contributed by atoms with Gasteiger partial charge in [0.25, 0.3) is 0 Å². The number of amides is 1. The third-order valence-electron chi connectivity index (χ3n) is 2.19. The van der Waals surface area contributed by atoms with E-state index in [1.807, 2.05) is 31.2 Å². The molecule has 0 bridgehead atoms. The molecule has 1 saturated heterocycles. The molecule has 1 aromatic carbocycles. The second-order valence-corrected chi connectivity index (χ2v) is 3.99. The summed E-state index contributed by atoms with van der Waals surface area (Å²) in [5, 5.41) is 0. The van der Waals surface area contributed by atoms with Gasteiger partial charge in [0.05, 0.1) is 6.54 Å². The first-order valence-electron chi connectivity index (χ1n) is 4.56. The molecule has 3 nitrogen and oxygen atoms in total. The molecule has 15 heavy (non-hydrogen) atoms. The Labute approximate surface area is 102 Å². The number of cyclic esters (lactones) is 1. The minimum atomic E-state index is -0.302. The fourth-order valence-corrected chi connectivity index (χ4v) is 1.79. The monoisotopic (exact) mass is 315 g/mol. The summed E-state index contributed by atoms with van der Waals surface area (Å²) >= 11 is 2.07. The Kier molecular flexibility index (Phi) is 2.95. The molecule has 1 aromatic rings. The minimum Gasteiger partial charge on any atom is -0.412 e. The summed E-state index contributed by atoms with van der Waals surface area (Å²) in [4.78, 5) is 13.1. The molecule has 1 aliphatic heterocycles. The van der Waals surface area contributed by atoms with Gasteiger partial charge in [-0.3, -0.25) is 4.90 Å². The largest absolute Gasteiger partial charge is 0.419 e. The Hall–Kier alpha value is -1.04. The number of nitrogens with zero attached hydrogens (tertiary/aromatic N) is 1. The number of rotatable bonds is 1. The molecule has 0 N–H and O–H groups in total. The third kappa shape index (κ3) is 2.14. The van der Waals surface area contributed by atoms with Crippen LogP contribution in [0.2, 0.25) is 0 Å². The van der Waals surface area contributed by atoms with Gasteiger partial charge >= 0.3 is 6.09 Å². The molecule has 4 heteroatoms. The fraction of sp³-hybridized carbons (Fsp3) is 0.182. The highest BCUT2D eigenvalue weighted by atomic mass is 127. The van der Waals surface area contributed by atoms with E-state index in [2.05, 4.69) is 22.6 Å². The van der Waals surface area contributed by atoms with E-state index < -0.39 is 0 Å². The van der Waals surface area contributed by atoms with Crippen LogP contribution < -0.4 is 4.90 Å². The summed E-state index contributed by atoms with van der Waals surface area (Å²) in [6.07, 6.45) is -0.302. The van der Waals surface area contributed by atoms with Crippen LogP contribution in [0.5, 0.6) is 0 Å². The molecule has 0 aromatic heterocycles. The van der Waals surface area contributed by atoms with Crippen LogP contribution in [0.4, 0.5) is 10.5 Å². The molecule has 1 amide bonds.